The minimum atomic E-state index is -3.68. The number of aromatic amines is 1. The molecule has 18 heavy (non-hydrogen) atoms. The number of aryl methyl sites for hydroxylation is 1. The second-order valence-electron chi connectivity index (χ2n) is 3.69. The number of hydrogen-bond donors (Lipinski definition) is 2. The molecule has 0 spiro atoms. The van der Waals surface area contributed by atoms with Crippen molar-refractivity contribution >= 4 is 16.0 Å². The molecule has 0 fully saturated rings. The molecule has 1 rings (SSSR count). The molecule has 0 saturated carbocycles. The fourth-order valence-corrected chi connectivity index (χ4v) is 2.84. The molecular formula is C10H17N3O4S. The number of sulfonamides is 1. The predicted molar refractivity (Wildman–Crippen MR) is 64.7 cm³/mol. The van der Waals surface area contributed by atoms with E-state index in [1.165, 1.54) is 6.20 Å². The Hall–Kier alpha value is -1.41. The van der Waals surface area contributed by atoms with Crippen LogP contribution in [-0.2, 0) is 21.2 Å². The number of nitrogens with zero attached hydrogens (tertiary/aromatic N) is 2. The average molecular weight is 275 g/mol. The van der Waals surface area contributed by atoms with Crippen molar-refractivity contribution in [3.8, 4) is 0 Å². The number of H-pyrrole nitrogens is 1. The Morgan fingerprint density at radius 1 is 1.50 bits per heavy atom. The van der Waals surface area contributed by atoms with Crippen molar-refractivity contribution < 1.29 is 18.3 Å². The summed E-state index contributed by atoms with van der Waals surface area (Å²) < 4.78 is 25.5. The maximum absolute atomic E-state index is 12.2. The van der Waals surface area contributed by atoms with Gasteiger partial charge in [0.25, 0.3) is 10.0 Å². The average Bonchev–Trinajstić information content (AvgIpc) is 2.78. The molecule has 0 saturated heterocycles. The SMILES string of the molecule is CCc1ncc(S(=O)(=O)N(CC)CCC(=O)O)[nH]1. The van der Waals surface area contributed by atoms with Crippen molar-refractivity contribution in [2.75, 3.05) is 13.1 Å². The summed E-state index contributed by atoms with van der Waals surface area (Å²) in [5, 5.41) is 8.60. The van der Waals surface area contributed by atoms with E-state index in [-0.39, 0.29) is 24.5 Å². The zero-order valence-corrected chi connectivity index (χ0v) is 11.2. The van der Waals surface area contributed by atoms with E-state index in [0.29, 0.717) is 12.2 Å². The standard InChI is InChI=1S/C10H17N3O4S/c1-3-8-11-7-9(12-8)18(16,17)13(4-2)6-5-10(14)15/h7H,3-6H2,1-2H3,(H,11,12)(H,14,15). The Bertz CT molecular complexity index is 509. The zero-order valence-electron chi connectivity index (χ0n) is 10.4. The normalized spacial score (nSPS) is 11.9. The van der Waals surface area contributed by atoms with Crippen LogP contribution in [0, 0.1) is 0 Å². The monoisotopic (exact) mass is 275 g/mol. The van der Waals surface area contributed by atoms with E-state index in [0.717, 1.165) is 4.31 Å². The number of carboxylic acid groups (broad SMARTS) is 1. The highest BCUT2D eigenvalue weighted by Crippen LogP contribution is 2.13. The van der Waals surface area contributed by atoms with E-state index in [9.17, 15) is 13.2 Å². The molecule has 0 aliphatic rings. The van der Waals surface area contributed by atoms with Gasteiger partial charge in [-0.2, -0.15) is 4.31 Å². The van der Waals surface area contributed by atoms with Gasteiger partial charge in [0.1, 0.15) is 5.82 Å². The Morgan fingerprint density at radius 2 is 2.17 bits per heavy atom. The molecule has 0 aliphatic heterocycles. The van der Waals surface area contributed by atoms with E-state index >= 15 is 0 Å². The zero-order chi connectivity index (χ0) is 13.8. The minimum Gasteiger partial charge on any atom is -0.481 e. The van der Waals surface area contributed by atoms with Crippen molar-refractivity contribution in [1.29, 1.82) is 0 Å². The molecule has 7 nitrogen and oxygen atoms in total. The summed E-state index contributed by atoms with van der Waals surface area (Å²) in [6, 6.07) is 0. The van der Waals surface area contributed by atoms with Gasteiger partial charge in [-0.1, -0.05) is 13.8 Å². The van der Waals surface area contributed by atoms with Gasteiger partial charge in [0.05, 0.1) is 12.6 Å². The molecule has 8 heteroatoms. The summed E-state index contributed by atoms with van der Waals surface area (Å²) in [5.74, 6) is -0.439. The first-order valence-corrected chi connectivity index (χ1v) is 7.11. The van der Waals surface area contributed by atoms with Crippen LogP contribution in [0.5, 0.6) is 0 Å². The smallest absolute Gasteiger partial charge is 0.304 e. The van der Waals surface area contributed by atoms with Crippen LogP contribution in [0.4, 0.5) is 0 Å². The van der Waals surface area contributed by atoms with Crippen LogP contribution in [0.1, 0.15) is 26.1 Å². The number of carbonyl (C=O) groups is 1. The summed E-state index contributed by atoms with van der Waals surface area (Å²) in [4.78, 5) is 17.1. The molecule has 102 valence electrons. The lowest BCUT2D eigenvalue weighted by atomic mass is 10.4. The van der Waals surface area contributed by atoms with Crippen molar-refractivity contribution in [2.45, 2.75) is 31.7 Å². The highest BCUT2D eigenvalue weighted by molar-refractivity contribution is 7.89. The fraction of sp³-hybridized carbons (Fsp3) is 0.600. The molecule has 1 aromatic heterocycles. The van der Waals surface area contributed by atoms with E-state index in [1.807, 2.05) is 6.92 Å². The molecule has 0 aliphatic carbocycles. The van der Waals surface area contributed by atoms with Crippen LogP contribution in [-0.4, -0.2) is 46.9 Å². The predicted octanol–water partition coefficient (Wildman–Crippen LogP) is 0.457. The highest BCUT2D eigenvalue weighted by Gasteiger charge is 2.25. The molecule has 0 amide bonds. The van der Waals surface area contributed by atoms with Crippen molar-refractivity contribution in [1.82, 2.24) is 14.3 Å². The first kappa shape index (κ1) is 14.7. The maximum Gasteiger partial charge on any atom is 0.304 e. The van der Waals surface area contributed by atoms with Gasteiger partial charge < -0.3 is 10.1 Å². The molecular weight excluding hydrogens is 258 g/mol. The topological polar surface area (TPSA) is 103 Å². The quantitative estimate of drug-likeness (QED) is 0.752. The van der Waals surface area contributed by atoms with Gasteiger partial charge >= 0.3 is 5.97 Å². The summed E-state index contributed by atoms with van der Waals surface area (Å²) in [6.07, 6.45) is 1.65. The minimum absolute atomic E-state index is 0.00610. The molecule has 0 radical (unpaired) electrons. The molecule has 0 atom stereocenters. The van der Waals surface area contributed by atoms with Crippen LogP contribution >= 0.6 is 0 Å². The lowest BCUT2D eigenvalue weighted by Gasteiger charge is -2.18. The van der Waals surface area contributed by atoms with Gasteiger partial charge in [-0.3, -0.25) is 4.79 Å². The molecule has 0 bridgehead atoms. The number of nitrogens with one attached hydrogen (secondary N) is 1. The molecule has 0 aromatic carbocycles. The summed E-state index contributed by atoms with van der Waals surface area (Å²) in [5.41, 5.74) is 0. The first-order chi connectivity index (χ1) is 8.41. The number of rotatable bonds is 7. The molecule has 1 aromatic rings. The van der Waals surface area contributed by atoms with Crippen molar-refractivity contribution in [3.63, 3.8) is 0 Å². The number of hydrogen-bond acceptors (Lipinski definition) is 4. The third kappa shape index (κ3) is 3.30. The van der Waals surface area contributed by atoms with Crippen LogP contribution in [0.25, 0.3) is 0 Å². The van der Waals surface area contributed by atoms with Crippen molar-refractivity contribution in [2.24, 2.45) is 0 Å². The highest BCUT2D eigenvalue weighted by atomic mass is 32.2. The van der Waals surface area contributed by atoms with E-state index in [1.54, 1.807) is 6.92 Å². The van der Waals surface area contributed by atoms with Crippen LogP contribution in [0.15, 0.2) is 11.2 Å². The first-order valence-electron chi connectivity index (χ1n) is 5.67. The lowest BCUT2D eigenvalue weighted by Crippen LogP contribution is -2.33. The second-order valence-corrected chi connectivity index (χ2v) is 5.59. The van der Waals surface area contributed by atoms with E-state index in [4.69, 9.17) is 5.11 Å². The number of aromatic nitrogens is 2. The number of imidazole rings is 1. The van der Waals surface area contributed by atoms with Crippen molar-refractivity contribution in [3.05, 3.63) is 12.0 Å². The maximum atomic E-state index is 12.2. The lowest BCUT2D eigenvalue weighted by molar-refractivity contribution is -0.137. The number of aliphatic carboxylic acids is 1. The molecule has 1 heterocycles. The third-order valence-corrected chi connectivity index (χ3v) is 4.37. The van der Waals surface area contributed by atoms with Gasteiger partial charge in [-0.05, 0) is 0 Å². The largest absolute Gasteiger partial charge is 0.481 e. The summed E-state index contributed by atoms with van der Waals surface area (Å²) in [7, 11) is -3.68. The molecule has 2 N–H and O–H groups in total. The molecule has 0 unspecified atom stereocenters. The Morgan fingerprint density at radius 3 is 2.61 bits per heavy atom. The summed E-state index contributed by atoms with van der Waals surface area (Å²) in [6.45, 7) is 3.69. The number of carboxylic acids is 1. The van der Waals surface area contributed by atoms with Crippen LogP contribution < -0.4 is 0 Å². The second kappa shape index (κ2) is 5.96. The van der Waals surface area contributed by atoms with Crippen LogP contribution in [0.3, 0.4) is 0 Å². The Labute approximate surface area is 106 Å². The Balaban J connectivity index is 2.91. The van der Waals surface area contributed by atoms with Crippen LogP contribution in [0.2, 0.25) is 0 Å². The van der Waals surface area contributed by atoms with Gasteiger partial charge in [-0.15, -0.1) is 0 Å². The summed E-state index contributed by atoms with van der Waals surface area (Å²) >= 11 is 0. The van der Waals surface area contributed by atoms with Gasteiger partial charge in [0.15, 0.2) is 5.03 Å². The third-order valence-electron chi connectivity index (χ3n) is 2.49. The van der Waals surface area contributed by atoms with Gasteiger partial charge in [0, 0.05) is 19.5 Å². The van der Waals surface area contributed by atoms with Gasteiger partial charge in [0.2, 0.25) is 0 Å². The van der Waals surface area contributed by atoms with E-state index < -0.39 is 16.0 Å². The van der Waals surface area contributed by atoms with Gasteiger partial charge in [-0.25, -0.2) is 13.4 Å². The Kier molecular flexibility index (Phi) is 4.85. The fourth-order valence-electron chi connectivity index (χ4n) is 1.46. The van der Waals surface area contributed by atoms with E-state index in [2.05, 4.69) is 9.97 Å².